The number of piperidine rings is 1. The van der Waals surface area contributed by atoms with Crippen molar-refractivity contribution in [2.24, 2.45) is 23.0 Å². The van der Waals surface area contributed by atoms with Crippen molar-refractivity contribution in [1.82, 2.24) is 10.2 Å². The minimum atomic E-state index is -0.227. The summed E-state index contributed by atoms with van der Waals surface area (Å²) in [5.41, 5.74) is 5.13. The Morgan fingerprint density at radius 3 is 2.91 bits per heavy atom. The molecule has 2 saturated heterocycles. The number of carbonyl (C=O) groups is 2. The van der Waals surface area contributed by atoms with Crippen LogP contribution in [0, 0.1) is 17.3 Å². The van der Waals surface area contributed by atoms with Crippen molar-refractivity contribution in [2.45, 2.75) is 51.4 Å². The second-order valence-corrected chi connectivity index (χ2v) is 7.49. The quantitative estimate of drug-likeness (QED) is 0.821. The third kappa shape index (κ3) is 3.00. The predicted molar refractivity (Wildman–Crippen MR) is 85.0 cm³/mol. The molecule has 22 heavy (non-hydrogen) atoms. The molecule has 3 fully saturated rings. The summed E-state index contributed by atoms with van der Waals surface area (Å²) in [6.07, 6.45) is 8.14. The van der Waals surface area contributed by atoms with Gasteiger partial charge >= 0.3 is 0 Å². The van der Waals surface area contributed by atoms with Gasteiger partial charge in [0, 0.05) is 26.1 Å². The van der Waals surface area contributed by atoms with E-state index in [9.17, 15) is 9.59 Å². The second-order valence-electron chi connectivity index (χ2n) is 7.49. The van der Waals surface area contributed by atoms with Crippen LogP contribution in [-0.2, 0) is 9.59 Å². The lowest BCUT2D eigenvalue weighted by atomic mass is 9.67. The monoisotopic (exact) mass is 307 g/mol. The molecule has 5 heteroatoms. The Morgan fingerprint density at radius 1 is 1.23 bits per heavy atom. The van der Waals surface area contributed by atoms with E-state index in [-0.39, 0.29) is 11.3 Å². The van der Waals surface area contributed by atoms with Gasteiger partial charge in [0.05, 0.1) is 5.41 Å². The lowest BCUT2D eigenvalue weighted by Gasteiger charge is -2.43. The van der Waals surface area contributed by atoms with Gasteiger partial charge in [-0.1, -0.05) is 12.8 Å². The summed E-state index contributed by atoms with van der Waals surface area (Å²) < 4.78 is 0. The molecule has 0 bridgehead atoms. The molecule has 1 aliphatic carbocycles. The SMILES string of the molecule is NC(=O)CCC1CCCN(C(=O)[C@@]23CCCC[C@H]2CNC3)C1. The first-order chi connectivity index (χ1) is 10.6. The molecule has 0 radical (unpaired) electrons. The highest BCUT2D eigenvalue weighted by Crippen LogP contribution is 2.45. The summed E-state index contributed by atoms with van der Waals surface area (Å²) in [7, 11) is 0. The van der Waals surface area contributed by atoms with Gasteiger partial charge in [-0.3, -0.25) is 9.59 Å². The van der Waals surface area contributed by atoms with Gasteiger partial charge < -0.3 is 16.0 Å². The molecule has 1 unspecified atom stereocenters. The van der Waals surface area contributed by atoms with Gasteiger partial charge in [-0.25, -0.2) is 0 Å². The summed E-state index contributed by atoms with van der Waals surface area (Å²) in [5.74, 6) is 1.12. The Hall–Kier alpha value is -1.10. The van der Waals surface area contributed by atoms with Crippen LogP contribution in [0.2, 0.25) is 0 Å². The third-order valence-electron chi connectivity index (χ3n) is 6.07. The van der Waals surface area contributed by atoms with Crippen molar-refractivity contribution in [1.29, 1.82) is 0 Å². The molecule has 0 aromatic carbocycles. The molecule has 3 atom stereocenters. The van der Waals surface area contributed by atoms with Crippen molar-refractivity contribution < 1.29 is 9.59 Å². The van der Waals surface area contributed by atoms with Crippen molar-refractivity contribution in [3.8, 4) is 0 Å². The van der Waals surface area contributed by atoms with Crippen LogP contribution >= 0.6 is 0 Å². The van der Waals surface area contributed by atoms with Crippen LogP contribution in [0.15, 0.2) is 0 Å². The fourth-order valence-electron chi connectivity index (χ4n) is 4.81. The molecule has 124 valence electrons. The Labute approximate surface area is 133 Å². The Morgan fingerprint density at radius 2 is 2.09 bits per heavy atom. The molecule has 0 aromatic rings. The van der Waals surface area contributed by atoms with Gasteiger partial charge in [-0.15, -0.1) is 0 Å². The number of primary amides is 1. The second kappa shape index (κ2) is 6.57. The highest BCUT2D eigenvalue weighted by Gasteiger charge is 2.51. The molecule has 2 heterocycles. The van der Waals surface area contributed by atoms with E-state index in [1.807, 2.05) is 0 Å². The van der Waals surface area contributed by atoms with Crippen molar-refractivity contribution in [2.75, 3.05) is 26.2 Å². The zero-order chi connectivity index (χ0) is 15.6. The first-order valence-corrected chi connectivity index (χ1v) is 8.90. The predicted octanol–water partition coefficient (Wildman–Crippen LogP) is 1.27. The molecule has 3 aliphatic rings. The number of hydrogen-bond donors (Lipinski definition) is 2. The molecule has 1 saturated carbocycles. The third-order valence-corrected chi connectivity index (χ3v) is 6.07. The maximum absolute atomic E-state index is 13.2. The normalized spacial score (nSPS) is 35.2. The van der Waals surface area contributed by atoms with Crippen molar-refractivity contribution in [3.05, 3.63) is 0 Å². The molecular formula is C17H29N3O2. The maximum Gasteiger partial charge on any atom is 0.230 e. The number of likely N-dealkylation sites (tertiary alicyclic amines) is 1. The standard InChI is InChI=1S/C17H29N3O2/c18-15(21)7-6-13-4-3-9-20(11-13)16(22)17-8-2-1-5-14(17)10-19-12-17/h13-14,19H,1-12H2,(H2,18,21)/t13?,14-,17+/m0/s1. The summed E-state index contributed by atoms with van der Waals surface area (Å²) in [4.78, 5) is 26.3. The van der Waals surface area contributed by atoms with Crippen LogP contribution in [0.25, 0.3) is 0 Å². The average Bonchev–Trinajstić information content (AvgIpc) is 2.97. The van der Waals surface area contributed by atoms with Crippen molar-refractivity contribution in [3.63, 3.8) is 0 Å². The van der Waals surface area contributed by atoms with E-state index < -0.39 is 0 Å². The number of nitrogens with zero attached hydrogens (tertiary/aromatic N) is 1. The van der Waals surface area contributed by atoms with E-state index in [1.165, 1.54) is 19.3 Å². The Balaban J connectivity index is 1.65. The van der Waals surface area contributed by atoms with Gasteiger partial charge in [0.2, 0.25) is 11.8 Å². The van der Waals surface area contributed by atoms with Gasteiger partial charge in [0.15, 0.2) is 0 Å². The molecule has 2 aliphatic heterocycles. The number of rotatable bonds is 4. The number of nitrogens with two attached hydrogens (primary N) is 1. The highest BCUT2D eigenvalue weighted by atomic mass is 16.2. The average molecular weight is 307 g/mol. The zero-order valence-corrected chi connectivity index (χ0v) is 13.5. The lowest BCUT2D eigenvalue weighted by Crippen LogP contribution is -2.52. The maximum atomic E-state index is 13.2. The number of fused-ring (bicyclic) bond motifs is 1. The Kier molecular flexibility index (Phi) is 4.71. The number of nitrogens with one attached hydrogen (secondary N) is 1. The van der Waals surface area contributed by atoms with Crippen LogP contribution in [0.1, 0.15) is 51.4 Å². The van der Waals surface area contributed by atoms with Crippen LogP contribution < -0.4 is 11.1 Å². The minimum Gasteiger partial charge on any atom is -0.370 e. The van der Waals surface area contributed by atoms with Crippen LogP contribution in [0.4, 0.5) is 0 Å². The lowest BCUT2D eigenvalue weighted by molar-refractivity contribution is -0.147. The van der Waals surface area contributed by atoms with Crippen LogP contribution in [0.3, 0.4) is 0 Å². The largest absolute Gasteiger partial charge is 0.370 e. The molecule has 2 amide bonds. The topological polar surface area (TPSA) is 75.4 Å². The fraction of sp³-hybridized carbons (Fsp3) is 0.882. The minimum absolute atomic E-state index is 0.135. The van der Waals surface area contributed by atoms with E-state index >= 15 is 0 Å². The van der Waals surface area contributed by atoms with Crippen LogP contribution in [0.5, 0.6) is 0 Å². The molecule has 3 N–H and O–H groups in total. The summed E-state index contributed by atoms with van der Waals surface area (Å²) >= 11 is 0. The van der Waals surface area contributed by atoms with Gasteiger partial charge in [-0.05, 0) is 50.5 Å². The number of hydrogen-bond acceptors (Lipinski definition) is 3. The first kappa shape index (κ1) is 15.8. The van der Waals surface area contributed by atoms with Crippen LogP contribution in [-0.4, -0.2) is 42.9 Å². The number of amides is 2. The fourth-order valence-corrected chi connectivity index (χ4v) is 4.81. The van der Waals surface area contributed by atoms with E-state index in [2.05, 4.69) is 10.2 Å². The zero-order valence-electron chi connectivity index (χ0n) is 13.5. The molecule has 3 rings (SSSR count). The van der Waals surface area contributed by atoms with E-state index in [4.69, 9.17) is 5.73 Å². The van der Waals surface area contributed by atoms with Gasteiger partial charge in [-0.2, -0.15) is 0 Å². The first-order valence-electron chi connectivity index (χ1n) is 8.90. The van der Waals surface area contributed by atoms with Gasteiger partial charge in [0.1, 0.15) is 0 Å². The van der Waals surface area contributed by atoms with Crippen molar-refractivity contribution >= 4 is 11.8 Å². The molecule has 0 aromatic heterocycles. The molecular weight excluding hydrogens is 278 g/mol. The summed E-state index contributed by atoms with van der Waals surface area (Å²) in [6.45, 7) is 3.57. The summed E-state index contributed by atoms with van der Waals surface area (Å²) in [5, 5.41) is 3.47. The molecule has 5 nitrogen and oxygen atoms in total. The highest BCUT2D eigenvalue weighted by molar-refractivity contribution is 5.84. The summed E-state index contributed by atoms with van der Waals surface area (Å²) in [6, 6.07) is 0. The molecule has 0 spiro atoms. The van der Waals surface area contributed by atoms with Gasteiger partial charge in [0.25, 0.3) is 0 Å². The van der Waals surface area contributed by atoms with E-state index in [0.29, 0.717) is 24.2 Å². The smallest absolute Gasteiger partial charge is 0.230 e. The number of carbonyl (C=O) groups excluding carboxylic acids is 2. The Bertz CT molecular complexity index is 440. The van der Waals surface area contributed by atoms with E-state index in [1.54, 1.807) is 0 Å². The van der Waals surface area contributed by atoms with E-state index in [0.717, 1.165) is 51.9 Å².